The molecule has 0 unspecified atom stereocenters. The summed E-state index contributed by atoms with van der Waals surface area (Å²) in [6, 6.07) is 12.1. The van der Waals surface area contributed by atoms with Gasteiger partial charge in [-0.1, -0.05) is 37.3 Å². The fourth-order valence-electron chi connectivity index (χ4n) is 2.37. The van der Waals surface area contributed by atoms with E-state index < -0.39 is 10.0 Å². The molecular weight excluding hydrogens is 314 g/mol. The van der Waals surface area contributed by atoms with Gasteiger partial charge in [-0.05, 0) is 35.7 Å². The van der Waals surface area contributed by atoms with Crippen molar-refractivity contribution in [3.63, 3.8) is 0 Å². The van der Waals surface area contributed by atoms with E-state index >= 15 is 0 Å². The van der Waals surface area contributed by atoms with E-state index in [4.69, 9.17) is 4.74 Å². The first-order valence-corrected chi connectivity index (χ1v) is 8.63. The molecule has 1 heterocycles. The lowest BCUT2D eigenvalue weighted by atomic mass is 10.0. The van der Waals surface area contributed by atoms with Crippen LogP contribution in [0.15, 0.2) is 47.4 Å². The molecule has 120 valence electrons. The van der Waals surface area contributed by atoms with E-state index in [-0.39, 0.29) is 16.6 Å². The lowest BCUT2D eigenvalue weighted by molar-refractivity contribution is 0.402. The van der Waals surface area contributed by atoms with Gasteiger partial charge in [0, 0.05) is 0 Å². The summed E-state index contributed by atoms with van der Waals surface area (Å²) in [6.07, 6.45) is 0. The fourth-order valence-corrected chi connectivity index (χ4v) is 3.80. The van der Waals surface area contributed by atoms with Crippen LogP contribution in [0.1, 0.15) is 25.3 Å². The Balaban J connectivity index is 2.25. The van der Waals surface area contributed by atoms with Crippen molar-refractivity contribution in [2.75, 3.05) is 7.11 Å². The molecule has 0 fully saturated rings. The number of nitrogens with zero attached hydrogens (tertiary/aromatic N) is 3. The summed E-state index contributed by atoms with van der Waals surface area (Å²) < 4.78 is 32.3. The van der Waals surface area contributed by atoms with Crippen LogP contribution in [-0.4, -0.2) is 29.9 Å². The van der Waals surface area contributed by atoms with Crippen LogP contribution < -0.4 is 4.74 Å². The molecule has 0 radical (unpaired) electrons. The Morgan fingerprint density at radius 2 is 1.87 bits per heavy atom. The molecule has 23 heavy (non-hydrogen) atoms. The van der Waals surface area contributed by atoms with Crippen molar-refractivity contribution in [2.24, 2.45) is 0 Å². The van der Waals surface area contributed by atoms with Gasteiger partial charge in [0.2, 0.25) is 0 Å². The Morgan fingerprint density at radius 3 is 2.57 bits per heavy atom. The third-order valence-electron chi connectivity index (χ3n) is 3.68. The van der Waals surface area contributed by atoms with E-state index in [0.717, 1.165) is 9.65 Å². The number of para-hydroxylation sites is 1. The minimum absolute atomic E-state index is 0.0850. The van der Waals surface area contributed by atoms with Crippen LogP contribution in [0.4, 0.5) is 0 Å². The van der Waals surface area contributed by atoms with E-state index in [1.165, 1.54) is 7.11 Å². The van der Waals surface area contributed by atoms with Crippen molar-refractivity contribution in [3.8, 4) is 5.75 Å². The molecule has 0 N–H and O–H groups in total. The first kappa shape index (κ1) is 15.5. The number of aromatic nitrogens is 3. The third-order valence-corrected chi connectivity index (χ3v) is 5.28. The average molecular weight is 331 g/mol. The first-order valence-electron chi connectivity index (χ1n) is 7.19. The Morgan fingerprint density at radius 1 is 1.13 bits per heavy atom. The minimum Gasteiger partial charge on any atom is -0.495 e. The van der Waals surface area contributed by atoms with Crippen LogP contribution in [0.2, 0.25) is 0 Å². The average Bonchev–Trinajstić information content (AvgIpc) is 2.99. The zero-order valence-electron chi connectivity index (χ0n) is 13.1. The molecule has 1 aromatic heterocycles. The van der Waals surface area contributed by atoms with Crippen LogP contribution in [0.3, 0.4) is 0 Å². The predicted molar refractivity (Wildman–Crippen MR) is 87.2 cm³/mol. The van der Waals surface area contributed by atoms with Gasteiger partial charge in [0.05, 0.1) is 7.11 Å². The van der Waals surface area contributed by atoms with Gasteiger partial charge in [0.15, 0.2) is 0 Å². The van der Waals surface area contributed by atoms with Gasteiger partial charge in [-0.25, -0.2) is 0 Å². The highest BCUT2D eigenvalue weighted by Gasteiger charge is 2.26. The van der Waals surface area contributed by atoms with Gasteiger partial charge >= 0.3 is 0 Å². The number of hydrogen-bond acceptors (Lipinski definition) is 5. The zero-order chi connectivity index (χ0) is 16.6. The summed E-state index contributed by atoms with van der Waals surface area (Å²) in [6.45, 7) is 4.01. The van der Waals surface area contributed by atoms with E-state index in [0.29, 0.717) is 11.0 Å². The van der Waals surface area contributed by atoms with Crippen molar-refractivity contribution in [3.05, 3.63) is 48.0 Å². The van der Waals surface area contributed by atoms with Crippen molar-refractivity contribution in [2.45, 2.75) is 24.7 Å². The third kappa shape index (κ3) is 2.57. The normalized spacial score (nSPS) is 12.0. The SMILES string of the molecule is COc1ccc(C(C)C)cc1S(=O)(=O)n1nnc2ccccc21. The van der Waals surface area contributed by atoms with E-state index in [1.54, 1.807) is 36.4 Å². The summed E-state index contributed by atoms with van der Waals surface area (Å²) in [5, 5.41) is 7.73. The van der Waals surface area contributed by atoms with Crippen molar-refractivity contribution in [1.82, 2.24) is 14.4 Å². The molecule has 0 aliphatic rings. The maximum Gasteiger partial charge on any atom is 0.288 e. The Bertz CT molecular complexity index is 962. The molecule has 3 rings (SSSR count). The zero-order valence-corrected chi connectivity index (χ0v) is 13.9. The summed E-state index contributed by atoms with van der Waals surface area (Å²) in [4.78, 5) is 0.0850. The van der Waals surface area contributed by atoms with Crippen LogP contribution in [0.5, 0.6) is 5.75 Å². The maximum absolute atomic E-state index is 13.0. The molecule has 0 saturated heterocycles. The number of benzene rings is 2. The number of hydrogen-bond donors (Lipinski definition) is 0. The summed E-state index contributed by atoms with van der Waals surface area (Å²) >= 11 is 0. The van der Waals surface area contributed by atoms with Crippen LogP contribution in [0.25, 0.3) is 11.0 Å². The Kier molecular flexibility index (Phi) is 3.81. The van der Waals surface area contributed by atoms with Gasteiger partial charge in [0.25, 0.3) is 10.0 Å². The van der Waals surface area contributed by atoms with E-state index in [9.17, 15) is 8.42 Å². The lowest BCUT2D eigenvalue weighted by Gasteiger charge is -2.13. The number of ether oxygens (including phenoxy) is 1. The van der Waals surface area contributed by atoms with Crippen LogP contribution >= 0.6 is 0 Å². The van der Waals surface area contributed by atoms with Gasteiger partial charge in [-0.3, -0.25) is 0 Å². The van der Waals surface area contributed by atoms with Crippen molar-refractivity contribution < 1.29 is 13.2 Å². The summed E-state index contributed by atoms with van der Waals surface area (Å²) in [7, 11) is -2.46. The Hall–Kier alpha value is -2.41. The molecule has 3 aromatic rings. The van der Waals surface area contributed by atoms with E-state index in [1.807, 2.05) is 19.9 Å². The highest BCUT2D eigenvalue weighted by Crippen LogP contribution is 2.30. The molecule has 0 amide bonds. The maximum atomic E-state index is 13.0. The standard InChI is InChI=1S/C16H17N3O3S/c1-11(2)12-8-9-15(22-3)16(10-12)23(20,21)19-14-7-5-4-6-13(14)17-18-19/h4-11H,1-3H3. The topological polar surface area (TPSA) is 74.1 Å². The molecule has 0 spiro atoms. The summed E-state index contributed by atoms with van der Waals surface area (Å²) in [5.74, 6) is 0.483. The largest absolute Gasteiger partial charge is 0.495 e. The first-order chi connectivity index (χ1) is 10.9. The molecule has 0 saturated carbocycles. The highest BCUT2D eigenvalue weighted by molar-refractivity contribution is 7.90. The second-order valence-corrected chi connectivity index (χ2v) is 7.23. The molecular formula is C16H17N3O3S. The number of rotatable bonds is 4. The molecule has 0 bridgehead atoms. The van der Waals surface area contributed by atoms with Gasteiger partial charge in [-0.2, -0.15) is 8.42 Å². The van der Waals surface area contributed by atoms with Gasteiger partial charge in [-0.15, -0.1) is 9.19 Å². The quantitative estimate of drug-likeness (QED) is 0.735. The second-order valence-electron chi connectivity index (χ2n) is 5.49. The van der Waals surface area contributed by atoms with Gasteiger partial charge in [0.1, 0.15) is 21.7 Å². The molecule has 0 aliphatic heterocycles. The minimum atomic E-state index is -3.90. The second kappa shape index (κ2) is 5.66. The molecule has 0 atom stereocenters. The van der Waals surface area contributed by atoms with Gasteiger partial charge < -0.3 is 4.74 Å². The van der Waals surface area contributed by atoms with Crippen molar-refractivity contribution in [1.29, 1.82) is 0 Å². The predicted octanol–water partition coefficient (Wildman–Crippen LogP) is 2.80. The van der Waals surface area contributed by atoms with Crippen molar-refractivity contribution >= 4 is 21.1 Å². The molecule has 7 heteroatoms. The summed E-state index contributed by atoms with van der Waals surface area (Å²) in [5.41, 5.74) is 1.87. The fraction of sp³-hybridized carbons (Fsp3) is 0.250. The Labute approximate surface area is 134 Å². The van der Waals surface area contributed by atoms with Crippen LogP contribution in [-0.2, 0) is 10.0 Å². The molecule has 2 aromatic carbocycles. The van der Waals surface area contributed by atoms with E-state index in [2.05, 4.69) is 10.3 Å². The number of methoxy groups -OCH3 is 1. The highest BCUT2D eigenvalue weighted by atomic mass is 32.2. The lowest BCUT2D eigenvalue weighted by Crippen LogP contribution is -2.16. The van der Waals surface area contributed by atoms with Crippen LogP contribution in [0, 0.1) is 0 Å². The number of fused-ring (bicyclic) bond motifs is 1. The smallest absolute Gasteiger partial charge is 0.288 e. The molecule has 6 nitrogen and oxygen atoms in total. The monoisotopic (exact) mass is 331 g/mol. The molecule has 0 aliphatic carbocycles.